The highest BCUT2D eigenvalue weighted by atomic mass is 32.1. The van der Waals surface area contributed by atoms with Gasteiger partial charge in [0.05, 0.1) is 0 Å². The quantitative estimate of drug-likeness (QED) is 0.0589. The van der Waals surface area contributed by atoms with Crippen LogP contribution >= 0.6 is 12.6 Å². The third-order valence-electron chi connectivity index (χ3n) is 8.57. The first kappa shape index (κ1) is 38.3. The predicted octanol–water partition coefficient (Wildman–Crippen LogP) is 13.2. The van der Waals surface area contributed by atoms with E-state index < -0.39 is 0 Å². The highest BCUT2D eigenvalue weighted by Gasteiger charge is 1.97. The number of unbranched alkanes of at least 4 members (excludes halogenated alkanes) is 33. The Morgan fingerprint density at radius 1 is 0.211 bits per heavy atom. The zero-order valence-electron chi connectivity index (χ0n) is 26.4. The maximum Gasteiger partial charge on any atom is 0.0431 e. The highest BCUT2D eigenvalue weighted by Crippen LogP contribution is 2.17. The molecule has 0 amide bonds. The highest BCUT2D eigenvalue weighted by molar-refractivity contribution is 7.80. The van der Waals surface area contributed by atoms with E-state index in [-0.39, 0.29) is 0 Å². The average molecular weight is 555 g/mol. The normalized spacial score (nSPS) is 11.5. The molecule has 230 valence electrons. The van der Waals surface area contributed by atoms with Crippen LogP contribution in [0.4, 0.5) is 0 Å². The molecule has 0 heterocycles. The second-order valence-corrected chi connectivity index (χ2v) is 12.9. The van der Waals surface area contributed by atoms with Crippen LogP contribution in [-0.2, 0) is 0 Å². The fraction of sp³-hybridized carbons (Fsp3) is 1.00. The van der Waals surface area contributed by atoms with Crippen molar-refractivity contribution in [2.75, 3.05) is 12.4 Å². The first-order chi connectivity index (χ1) is 18.9. The van der Waals surface area contributed by atoms with Gasteiger partial charge in [0.25, 0.3) is 0 Å². The van der Waals surface area contributed by atoms with Gasteiger partial charge in [-0.2, -0.15) is 12.6 Å². The molecule has 1 nitrogen and oxygen atoms in total. The Bertz CT molecular complexity index is 350. The van der Waals surface area contributed by atoms with Gasteiger partial charge < -0.3 is 5.11 Å². The fourth-order valence-corrected chi connectivity index (χ4v) is 6.10. The van der Waals surface area contributed by atoms with Crippen molar-refractivity contribution in [3.63, 3.8) is 0 Å². The zero-order chi connectivity index (χ0) is 27.5. The molecule has 0 atom stereocenters. The largest absolute Gasteiger partial charge is 0.396 e. The van der Waals surface area contributed by atoms with Crippen molar-refractivity contribution in [2.45, 2.75) is 218 Å². The van der Waals surface area contributed by atoms with Gasteiger partial charge in [-0.15, -0.1) is 0 Å². The molecule has 0 saturated heterocycles. The summed E-state index contributed by atoms with van der Waals surface area (Å²) in [6.45, 7) is 0.374. The van der Waals surface area contributed by atoms with Crippen molar-refractivity contribution < 1.29 is 5.11 Å². The number of hydrogen-bond donors (Lipinski definition) is 2. The molecule has 0 saturated carbocycles. The summed E-state index contributed by atoms with van der Waals surface area (Å²) in [6.07, 6.45) is 48.7. The Morgan fingerprint density at radius 3 is 0.474 bits per heavy atom. The van der Waals surface area contributed by atoms with Crippen LogP contribution < -0.4 is 0 Å². The topological polar surface area (TPSA) is 20.2 Å². The van der Waals surface area contributed by atoms with Crippen LogP contribution in [0.2, 0.25) is 0 Å². The zero-order valence-corrected chi connectivity index (χ0v) is 27.2. The molecule has 0 aromatic rings. The molecule has 0 aliphatic rings. The van der Waals surface area contributed by atoms with Gasteiger partial charge in [0.2, 0.25) is 0 Å². The maximum absolute atomic E-state index is 8.78. The molecular formula is C36H74OS. The number of hydrogen-bond acceptors (Lipinski definition) is 2. The number of aliphatic hydroxyl groups is 1. The summed E-state index contributed by atoms with van der Waals surface area (Å²) in [5.41, 5.74) is 0. The van der Waals surface area contributed by atoms with E-state index in [1.54, 1.807) is 0 Å². The molecule has 0 fully saturated rings. The molecule has 38 heavy (non-hydrogen) atoms. The van der Waals surface area contributed by atoms with Gasteiger partial charge in [0.1, 0.15) is 0 Å². The summed E-state index contributed by atoms with van der Waals surface area (Å²) < 4.78 is 0. The number of thiol groups is 1. The van der Waals surface area contributed by atoms with Crippen LogP contribution in [0.3, 0.4) is 0 Å². The van der Waals surface area contributed by atoms with Crippen molar-refractivity contribution in [1.82, 2.24) is 0 Å². The van der Waals surface area contributed by atoms with Crippen LogP contribution in [0.5, 0.6) is 0 Å². The summed E-state index contributed by atoms with van der Waals surface area (Å²) in [7, 11) is 0. The van der Waals surface area contributed by atoms with Crippen molar-refractivity contribution >= 4 is 12.6 Å². The Labute approximate surface area is 247 Å². The molecule has 0 aliphatic carbocycles. The van der Waals surface area contributed by atoms with Crippen molar-refractivity contribution in [3.05, 3.63) is 0 Å². The standard InChI is InChI=1S/C36H74OS/c37-35-33-31-29-27-25-23-21-19-17-15-13-11-9-7-5-3-1-2-4-6-8-10-12-14-16-18-20-22-24-26-28-30-32-34-36-38/h37-38H,1-36H2. The fourth-order valence-electron chi connectivity index (χ4n) is 5.88. The lowest BCUT2D eigenvalue weighted by molar-refractivity contribution is 0.282. The summed E-state index contributed by atoms with van der Waals surface area (Å²) in [4.78, 5) is 0. The Morgan fingerprint density at radius 2 is 0.342 bits per heavy atom. The van der Waals surface area contributed by atoms with E-state index in [1.807, 2.05) is 0 Å². The molecule has 0 spiro atoms. The van der Waals surface area contributed by atoms with Gasteiger partial charge in [-0.25, -0.2) is 0 Å². The minimum absolute atomic E-state index is 0.374. The Kier molecular flexibility index (Phi) is 37.6. The molecule has 0 rings (SSSR count). The van der Waals surface area contributed by atoms with Crippen molar-refractivity contribution in [3.8, 4) is 0 Å². The van der Waals surface area contributed by atoms with Gasteiger partial charge in [-0.3, -0.25) is 0 Å². The molecule has 2 heteroatoms. The molecule has 0 radical (unpaired) electrons. The van der Waals surface area contributed by atoms with Gasteiger partial charge >= 0.3 is 0 Å². The lowest BCUT2D eigenvalue weighted by Crippen LogP contribution is -1.85. The lowest BCUT2D eigenvalue weighted by Gasteiger charge is -2.05. The van der Waals surface area contributed by atoms with E-state index in [9.17, 15) is 0 Å². The molecule has 1 N–H and O–H groups in total. The van der Waals surface area contributed by atoms with Crippen LogP contribution in [0.25, 0.3) is 0 Å². The first-order valence-electron chi connectivity index (χ1n) is 18.1. The Hall–Kier alpha value is 0.310. The van der Waals surface area contributed by atoms with Crippen molar-refractivity contribution in [1.29, 1.82) is 0 Å². The van der Waals surface area contributed by atoms with Crippen LogP contribution in [0, 0.1) is 0 Å². The Balaban J connectivity index is 3.01. The molecule has 0 aliphatic heterocycles. The summed E-state index contributed by atoms with van der Waals surface area (Å²) >= 11 is 4.29. The molecule has 0 aromatic carbocycles. The van der Waals surface area contributed by atoms with Gasteiger partial charge in [0.15, 0.2) is 0 Å². The first-order valence-corrected chi connectivity index (χ1v) is 18.8. The molecular weight excluding hydrogens is 480 g/mol. The molecule has 0 unspecified atom stereocenters. The monoisotopic (exact) mass is 555 g/mol. The van der Waals surface area contributed by atoms with E-state index in [1.165, 1.54) is 212 Å². The summed E-state index contributed by atoms with van der Waals surface area (Å²) in [5.74, 6) is 1.07. The lowest BCUT2D eigenvalue weighted by atomic mass is 10.0. The van der Waals surface area contributed by atoms with Crippen LogP contribution in [-0.4, -0.2) is 17.5 Å². The average Bonchev–Trinajstić information content (AvgIpc) is 2.93. The maximum atomic E-state index is 8.78. The second kappa shape index (κ2) is 37.3. The van der Waals surface area contributed by atoms with E-state index in [0.717, 1.165) is 12.2 Å². The third-order valence-corrected chi connectivity index (χ3v) is 8.88. The molecule has 0 bridgehead atoms. The van der Waals surface area contributed by atoms with E-state index in [4.69, 9.17) is 5.11 Å². The number of rotatable bonds is 35. The third kappa shape index (κ3) is 36.3. The predicted molar refractivity (Wildman–Crippen MR) is 178 cm³/mol. The van der Waals surface area contributed by atoms with E-state index in [2.05, 4.69) is 12.6 Å². The van der Waals surface area contributed by atoms with Gasteiger partial charge in [0, 0.05) is 6.61 Å². The van der Waals surface area contributed by atoms with Crippen LogP contribution in [0.15, 0.2) is 0 Å². The van der Waals surface area contributed by atoms with Crippen LogP contribution in [0.1, 0.15) is 218 Å². The smallest absolute Gasteiger partial charge is 0.0431 e. The van der Waals surface area contributed by atoms with E-state index >= 15 is 0 Å². The summed E-state index contributed by atoms with van der Waals surface area (Å²) in [6, 6.07) is 0. The SMILES string of the molecule is OCCCCCCCCCCCCCCCCCCCCCCCCCCCCCCCCCCCCS. The van der Waals surface area contributed by atoms with Gasteiger partial charge in [-0.1, -0.05) is 205 Å². The van der Waals surface area contributed by atoms with Gasteiger partial charge in [-0.05, 0) is 18.6 Å². The van der Waals surface area contributed by atoms with Crippen molar-refractivity contribution in [2.24, 2.45) is 0 Å². The minimum Gasteiger partial charge on any atom is -0.396 e. The number of aliphatic hydroxyl groups excluding tert-OH is 1. The summed E-state index contributed by atoms with van der Waals surface area (Å²) in [5, 5.41) is 8.78. The second-order valence-electron chi connectivity index (χ2n) is 12.5. The molecule has 0 aromatic heterocycles. The minimum atomic E-state index is 0.374. The van der Waals surface area contributed by atoms with E-state index in [0.29, 0.717) is 6.61 Å².